The van der Waals surface area contributed by atoms with E-state index in [1.807, 2.05) is 6.07 Å². The van der Waals surface area contributed by atoms with Crippen LogP contribution in [0.1, 0.15) is 32.3 Å². The monoisotopic (exact) mass is 288 g/mol. The Morgan fingerprint density at radius 2 is 2.24 bits per heavy atom. The van der Waals surface area contributed by atoms with Crippen LogP contribution in [-0.2, 0) is 0 Å². The predicted octanol–water partition coefficient (Wildman–Crippen LogP) is 2.43. The minimum Gasteiger partial charge on any atom is -0.366 e. The van der Waals surface area contributed by atoms with E-state index in [9.17, 15) is 10.1 Å². The van der Waals surface area contributed by atoms with E-state index in [1.165, 1.54) is 6.07 Å². The largest absolute Gasteiger partial charge is 0.366 e. The molecule has 1 saturated heterocycles. The molecule has 0 aromatic heterocycles. The summed E-state index contributed by atoms with van der Waals surface area (Å²) in [4.78, 5) is 12.7. The van der Waals surface area contributed by atoms with Crippen molar-refractivity contribution >= 4 is 11.4 Å². The van der Waals surface area contributed by atoms with Gasteiger partial charge in [0.1, 0.15) is 11.6 Å². The summed E-state index contributed by atoms with van der Waals surface area (Å²) >= 11 is 0. The molecule has 6 heteroatoms. The molecule has 0 bridgehead atoms. The molecule has 21 heavy (non-hydrogen) atoms. The fraction of sp³-hybridized carbons (Fsp3) is 0.533. The highest BCUT2D eigenvalue weighted by molar-refractivity contribution is 5.60. The van der Waals surface area contributed by atoms with Gasteiger partial charge in [-0.05, 0) is 25.0 Å². The lowest BCUT2D eigenvalue weighted by Crippen LogP contribution is -2.56. The van der Waals surface area contributed by atoms with Gasteiger partial charge in [0.25, 0.3) is 5.69 Å². The summed E-state index contributed by atoms with van der Waals surface area (Å²) in [5.74, 6) is 0. The smallest absolute Gasteiger partial charge is 0.287 e. The number of nitrogens with zero attached hydrogens (tertiary/aromatic N) is 3. The lowest BCUT2D eigenvalue weighted by Gasteiger charge is -2.41. The van der Waals surface area contributed by atoms with E-state index < -0.39 is 4.92 Å². The normalized spacial score (nSPS) is 21.9. The van der Waals surface area contributed by atoms with Gasteiger partial charge >= 0.3 is 0 Å². The number of benzene rings is 1. The molecule has 0 radical (unpaired) electrons. The summed E-state index contributed by atoms with van der Waals surface area (Å²) in [6.45, 7) is 6.02. The molecule has 112 valence electrons. The van der Waals surface area contributed by atoms with Crippen LogP contribution in [0.4, 0.5) is 11.4 Å². The van der Waals surface area contributed by atoms with Crippen molar-refractivity contribution in [1.29, 1.82) is 5.26 Å². The average molecular weight is 288 g/mol. The Morgan fingerprint density at radius 3 is 2.81 bits per heavy atom. The zero-order chi connectivity index (χ0) is 15.4. The molecule has 6 nitrogen and oxygen atoms in total. The first-order valence-electron chi connectivity index (χ1n) is 7.29. The van der Waals surface area contributed by atoms with Gasteiger partial charge in [0.2, 0.25) is 0 Å². The Balaban J connectivity index is 2.34. The fourth-order valence-electron chi connectivity index (χ4n) is 2.77. The van der Waals surface area contributed by atoms with Crippen molar-refractivity contribution in [3.63, 3.8) is 0 Å². The second-order valence-corrected chi connectivity index (χ2v) is 5.30. The summed E-state index contributed by atoms with van der Waals surface area (Å²) < 4.78 is 0. The van der Waals surface area contributed by atoms with Crippen molar-refractivity contribution in [2.24, 2.45) is 0 Å². The van der Waals surface area contributed by atoms with Crippen molar-refractivity contribution in [2.75, 3.05) is 18.0 Å². The van der Waals surface area contributed by atoms with Crippen LogP contribution < -0.4 is 10.2 Å². The Morgan fingerprint density at radius 1 is 1.48 bits per heavy atom. The quantitative estimate of drug-likeness (QED) is 0.679. The first kappa shape index (κ1) is 15.3. The molecule has 1 N–H and O–H groups in total. The summed E-state index contributed by atoms with van der Waals surface area (Å²) in [6.07, 6.45) is 2.02. The average Bonchev–Trinajstić information content (AvgIpc) is 2.53. The van der Waals surface area contributed by atoms with Crippen LogP contribution in [0.2, 0.25) is 0 Å². The zero-order valence-corrected chi connectivity index (χ0v) is 12.4. The Hall–Kier alpha value is -2.13. The van der Waals surface area contributed by atoms with E-state index in [0.29, 0.717) is 12.1 Å². The van der Waals surface area contributed by atoms with Crippen LogP contribution in [0.5, 0.6) is 0 Å². The van der Waals surface area contributed by atoms with Crippen molar-refractivity contribution in [2.45, 2.75) is 38.8 Å². The molecular formula is C15H20N4O2. The van der Waals surface area contributed by atoms with E-state index in [2.05, 4.69) is 24.1 Å². The summed E-state index contributed by atoms with van der Waals surface area (Å²) in [5, 5.41) is 23.6. The minimum absolute atomic E-state index is 0.124. The van der Waals surface area contributed by atoms with Gasteiger partial charge in [-0.25, -0.2) is 0 Å². The van der Waals surface area contributed by atoms with Gasteiger partial charge in [-0.3, -0.25) is 10.1 Å². The lowest BCUT2D eigenvalue weighted by molar-refractivity contribution is -0.385. The number of nitrogens with one attached hydrogen (secondary N) is 1. The third kappa shape index (κ3) is 3.14. The topological polar surface area (TPSA) is 82.2 Å². The molecule has 0 amide bonds. The molecule has 0 aliphatic carbocycles. The second kappa shape index (κ2) is 6.55. The van der Waals surface area contributed by atoms with Crippen LogP contribution in [0, 0.1) is 21.4 Å². The van der Waals surface area contributed by atoms with E-state index in [-0.39, 0.29) is 11.3 Å². The van der Waals surface area contributed by atoms with Crippen LogP contribution in [0.3, 0.4) is 0 Å². The number of hydrogen-bond acceptors (Lipinski definition) is 5. The van der Waals surface area contributed by atoms with Gasteiger partial charge in [0, 0.05) is 36.9 Å². The molecule has 2 unspecified atom stereocenters. The molecule has 0 saturated carbocycles. The Kier molecular flexibility index (Phi) is 4.76. The molecule has 2 atom stereocenters. The number of piperazine rings is 1. The van der Waals surface area contributed by atoms with Crippen molar-refractivity contribution in [3.05, 3.63) is 33.9 Å². The number of rotatable bonds is 4. The minimum atomic E-state index is -0.508. The maximum atomic E-state index is 10.9. The third-order valence-corrected chi connectivity index (χ3v) is 4.09. The van der Waals surface area contributed by atoms with Crippen LogP contribution in [0.25, 0.3) is 0 Å². The van der Waals surface area contributed by atoms with E-state index in [1.54, 1.807) is 12.1 Å². The molecule has 1 aliphatic heterocycles. The van der Waals surface area contributed by atoms with E-state index in [0.717, 1.165) is 31.6 Å². The number of nitriles is 1. The highest BCUT2D eigenvalue weighted by Crippen LogP contribution is 2.27. The van der Waals surface area contributed by atoms with Gasteiger partial charge in [0.15, 0.2) is 0 Å². The van der Waals surface area contributed by atoms with Crippen molar-refractivity contribution < 1.29 is 4.92 Å². The summed E-state index contributed by atoms with van der Waals surface area (Å²) in [7, 11) is 0. The zero-order valence-electron chi connectivity index (χ0n) is 12.4. The molecule has 0 spiro atoms. The van der Waals surface area contributed by atoms with E-state index in [4.69, 9.17) is 5.26 Å². The SMILES string of the molecule is CCC1CN(c2ccc([N+](=O)[O-])c(C#N)c2)C(CC)CN1. The highest BCUT2D eigenvalue weighted by Gasteiger charge is 2.27. The predicted molar refractivity (Wildman–Crippen MR) is 81.3 cm³/mol. The maximum absolute atomic E-state index is 10.9. The van der Waals surface area contributed by atoms with Crippen LogP contribution >= 0.6 is 0 Å². The summed E-state index contributed by atoms with van der Waals surface area (Å²) in [6, 6.07) is 7.51. The molecule has 1 aromatic carbocycles. The van der Waals surface area contributed by atoms with Gasteiger partial charge in [-0.1, -0.05) is 13.8 Å². The molecular weight excluding hydrogens is 268 g/mol. The highest BCUT2D eigenvalue weighted by atomic mass is 16.6. The maximum Gasteiger partial charge on any atom is 0.287 e. The standard InChI is InChI=1S/C15H20N4O2/c1-3-12-10-18(13(4-2)9-17-12)14-5-6-15(19(20)21)11(7-14)8-16/h5-7,12-13,17H,3-4,9-10H2,1-2H3. The Bertz CT molecular complexity index is 567. The molecule has 2 rings (SSSR count). The van der Waals surface area contributed by atoms with Gasteiger partial charge in [0.05, 0.1) is 4.92 Å². The van der Waals surface area contributed by atoms with Crippen LogP contribution in [-0.4, -0.2) is 30.1 Å². The van der Waals surface area contributed by atoms with Crippen molar-refractivity contribution in [3.8, 4) is 6.07 Å². The number of anilines is 1. The second-order valence-electron chi connectivity index (χ2n) is 5.30. The van der Waals surface area contributed by atoms with Crippen molar-refractivity contribution in [1.82, 2.24) is 5.32 Å². The number of nitro groups is 1. The van der Waals surface area contributed by atoms with Gasteiger partial charge in [-0.15, -0.1) is 0 Å². The van der Waals surface area contributed by atoms with Gasteiger partial charge in [-0.2, -0.15) is 5.26 Å². The number of nitro benzene ring substituents is 1. The number of hydrogen-bond donors (Lipinski definition) is 1. The Labute approximate surface area is 124 Å². The van der Waals surface area contributed by atoms with E-state index >= 15 is 0 Å². The molecule has 1 aliphatic rings. The summed E-state index contributed by atoms with van der Waals surface area (Å²) in [5.41, 5.74) is 0.888. The van der Waals surface area contributed by atoms with Gasteiger partial charge < -0.3 is 10.2 Å². The lowest BCUT2D eigenvalue weighted by atomic mass is 10.0. The molecule has 1 heterocycles. The first-order chi connectivity index (χ1) is 10.1. The fourth-order valence-corrected chi connectivity index (χ4v) is 2.77. The third-order valence-electron chi connectivity index (χ3n) is 4.09. The molecule has 1 fully saturated rings. The van der Waals surface area contributed by atoms with Crippen LogP contribution in [0.15, 0.2) is 18.2 Å². The first-order valence-corrected chi connectivity index (χ1v) is 7.29. The molecule has 1 aromatic rings.